The molecule has 0 spiro atoms. The summed E-state index contributed by atoms with van der Waals surface area (Å²) < 4.78 is 12.4. The van der Waals surface area contributed by atoms with Gasteiger partial charge in [-0.25, -0.2) is 4.79 Å². The van der Waals surface area contributed by atoms with Crippen molar-refractivity contribution < 1.29 is 23.9 Å². The Kier molecular flexibility index (Phi) is 8.08. The second kappa shape index (κ2) is 11.4. The second-order valence-corrected chi connectivity index (χ2v) is 9.50. The van der Waals surface area contributed by atoms with Gasteiger partial charge in [0, 0.05) is 41.2 Å². The fraction of sp³-hybridized carbons (Fsp3) is 0.414. The lowest BCUT2D eigenvalue weighted by Gasteiger charge is -2.13. The summed E-state index contributed by atoms with van der Waals surface area (Å²) in [6, 6.07) is 10.9. The predicted octanol–water partition coefficient (Wildman–Crippen LogP) is 5.99. The van der Waals surface area contributed by atoms with Gasteiger partial charge in [-0.2, -0.15) is 0 Å². The minimum Gasteiger partial charge on any atom is -0.496 e. The predicted molar refractivity (Wildman–Crippen MR) is 140 cm³/mol. The lowest BCUT2D eigenvalue weighted by atomic mass is 10.0. The Hall–Kier alpha value is -3.61. The third-order valence-corrected chi connectivity index (χ3v) is 6.94. The molecule has 7 nitrogen and oxygen atoms in total. The van der Waals surface area contributed by atoms with Crippen LogP contribution in [0, 0.1) is 5.92 Å². The van der Waals surface area contributed by atoms with Crippen molar-refractivity contribution in [3.05, 3.63) is 59.3 Å². The molecule has 0 bridgehead atoms. The first-order valence-electron chi connectivity index (χ1n) is 12.6. The molecule has 1 heterocycles. The van der Waals surface area contributed by atoms with Crippen molar-refractivity contribution in [3.8, 4) is 5.75 Å². The number of ketones is 1. The van der Waals surface area contributed by atoms with Gasteiger partial charge in [0.2, 0.25) is 5.91 Å². The fourth-order valence-electron chi connectivity index (χ4n) is 5.08. The maximum Gasteiger partial charge on any atom is 0.337 e. The van der Waals surface area contributed by atoms with Gasteiger partial charge in [-0.1, -0.05) is 31.9 Å². The van der Waals surface area contributed by atoms with Crippen LogP contribution in [0.15, 0.2) is 42.6 Å². The Morgan fingerprint density at radius 3 is 2.53 bits per heavy atom. The number of hydrogen-bond acceptors (Lipinski definition) is 5. The van der Waals surface area contributed by atoms with Crippen LogP contribution in [0.5, 0.6) is 5.75 Å². The molecule has 0 radical (unpaired) electrons. The molecule has 1 N–H and O–H groups in total. The van der Waals surface area contributed by atoms with E-state index < -0.39 is 5.97 Å². The first kappa shape index (κ1) is 25.5. The van der Waals surface area contributed by atoms with Crippen molar-refractivity contribution in [1.82, 2.24) is 4.57 Å². The molecule has 7 heteroatoms. The number of esters is 1. The zero-order valence-corrected chi connectivity index (χ0v) is 21.3. The number of fused-ring (bicyclic) bond motifs is 1. The monoisotopic (exact) mass is 490 g/mol. The van der Waals surface area contributed by atoms with E-state index in [9.17, 15) is 14.4 Å². The van der Waals surface area contributed by atoms with E-state index in [1.54, 1.807) is 19.2 Å². The van der Waals surface area contributed by atoms with E-state index in [-0.39, 0.29) is 11.7 Å². The van der Waals surface area contributed by atoms with Crippen LogP contribution in [0.1, 0.15) is 78.1 Å². The highest BCUT2D eigenvalue weighted by molar-refractivity contribution is 6.09. The number of nitrogens with zero attached hydrogens (tertiary/aromatic N) is 1. The van der Waals surface area contributed by atoms with E-state index >= 15 is 0 Å². The maximum atomic E-state index is 12.9. The Labute approximate surface area is 211 Å². The molecular formula is C29H34N2O5. The number of Topliss-reactive ketones (excluding diaryl/α,β-unsaturated/α-hetero) is 1. The van der Waals surface area contributed by atoms with E-state index in [1.165, 1.54) is 20.0 Å². The third kappa shape index (κ3) is 5.61. The SMILES string of the molecule is CCCC(=O)c1cn(Cc2ccc(C(=O)OC)cc2OC)c2cc(NC(=O)CC3CCCC3)ccc12. The first-order valence-corrected chi connectivity index (χ1v) is 12.6. The Bertz CT molecular complexity index is 1270. The molecule has 1 saturated carbocycles. The van der Waals surface area contributed by atoms with Crippen molar-refractivity contribution in [2.75, 3.05) is 19.5 Å². The topological polar surface area (TPSA) is 86.6 Å². The standard InChI is InChI=1S/C29H34N2O5/c1-4-7-26(32)24-18-31(17-21-11-10-20(29(34)36-3)15-27(21)35-2)25-16-22(12-13-23(24)25)30-28(33)14-19-8-5-6-9-19/h10-13,15-16,18-19H,4-9,14,17H2,1-3H3,(H,30,33). The van der Waals surface area contributed by atoms with Gasteiger partial charge < -0.3 is 19.4 Å². The Morgan fingerprint density at radius 1 is 1.06 bits per heavy atom. The average Bonchev–Trinajstić information content (AvgIpc) is 3.51. The van der Waals surface area contributed by atoms with Crippen molar-refractivity contribution in [1.29, 1.82) is 0 Å². The summed E-state index contributed by atoms with van der Waals surface area (Å²) in [5.74, 6) is 0.712. The van der Waals surface area contributed by atoms with Crippen LogP contribution in [0.2, 0.25) is 0 Å². The van der Waals surface area contributed by atoms with E-state index in [2.05, 4.69) is 5.32 Å². The number of carbonyl (C=O) groups is 3. The zero-order chi connectivity index (χ0) is 25.7. The molecular weight excluding hydrogens is 456 g/mol. The first-order chi connectivity index (χ1) is 17.4. The molecule has 3 aromatic rings. The minimum atomic E-state index is -0.434. The van der Waals surface area contributed by atoms with Crippen molar-refractivity contribution in [3.63, 3.8) is 0 Å². The number of aromatic nitrogens is 1. The number of benzene rings is 2. The molecule has 0 atom stereocenters. The van der Waals surface area contributed by atoms with Crippen molar-refractivity contribution in [2.24, 2.45) is 5.92 Å². The number of anilines is 1. The van der Waals surface area contributed by atoms with Gasteiger partial charge in [0.25, 0.3) is 0 Å². The van der Waals surface area contributed by atoms with Gasteiger partial charge in [-0.15, -0.1) is 0 Å². The lowest BCUT2D eigenvalue weighted by Crippen LogP contribution is -2.15. The van der Waals surface area contributed by atoms with Crippen molar-refractivity contribution in [2.45, 2.75) is 58.4 Å². The summed E-state index contributed by atoms with van der Waals surface area (Å²) in [6.45, 7) is 2.42. The van der Waals surface area contributed by atoms with Gasteiger partial charge in [-0.3, -0.25) is 9.59 Å². The van der Waals surface area contributed by atoms with Crippen LogP contribution in [-0.2, 0) is 16.1 Å². The third-order valence-electron chi connectivity index (χ3n) is 6.94. The molecule has 1 aliphatic carbocycles. The van der Waals surface area contributed by atoms with E-state index in [0.717, 1.165) is 35.7 Å². The average molecular weight is 491 g/mol. The van der Waals surface area contributed by atoms with Gasteiger partial charge in [0.15, 0.2) is 5.78 Å². The Morgan fingerprint density at radius 2 is 1.83 bits per heavy atom. The van der Waals surface area contributed by atoms with Crippen LogP contribution in [0.4, 0.5) is 5.69 Å². The largest absolute Gasteiger partial charge is 0.496 e. The van der Waals surface area contributed by atoms with Crippen LogP contribution in [0.25, 0.3) is 10.9 Å². The van der Waals surface area contributed by atoms with Gasteiger partial charge >= 0.3 is 5.97 Å². The van der Waals surface area contributed by atoms with Crippen LogP contribution in [0.3, 0.4) is 0 Å². The van der Waals surface area contributed by atoms with E-state index in [0.29, 0.717) is 47.9 Å². The number of carbonyl (C=O) groups excluding carboxylic acids is 3. The molecule has 1 fully saturated rings. The van der Waals surface area contributed by atoms with Gasteiger partial charge in [-0.05, 0) is 49.4 Å². The minimum absolute atomic E-state index is 0.0294. The normalized spacial score (nSPS) is 13.6. The number of ether oxygens (including phenoxy) is 2. The summed E-state index contributed by atoms with van der Waals surface area (Å²) >= 11 is 0. The molecule has 1 amide bonds. The summed E-state index contributed by atoms with van der Waals surface area (Å²) in [4.78, 5) is 37.5. The van der Waals surface area contributed by atoms with E-state index in [1.807, 2.05) is 42.0 Å². The highest BCUT2D eigenvalue weighted by Gasteiger charge is 2.20. The molecule has 0 aliphatic heterocycles. The molecule has 4 rings (SSSR count). The number of methoxy groups -OCH3 is 2. The maximum absolute atomic E-state index is 12.9. The lowest BCUT2D eigenvalue weighted by molar-refractivity contribution is -0.117. The van der Waals surface area contributed by atoms with Crippen LogP contribution >= 0.6 is 0 Å². The highest BCUT2D eigenvalue weighted by atomic mass is 16.5. The van der Waals surface area contributed by atoms with Crippen LogP contribution < -0.4 is 10.1 Å². The summed E-state index contributed by atoms with van der Waals surface area (Å²) in [5.41, 5.74) is 3.49. The van der Waals surface area contributed by atoms with Crippen molar-refractivity contribution >= 4 is 34.3 Å². The molecule has 0 saturated heterocycles. The van der Waals surface area contributed by atoms with Gasteiger partial charge in [0.1, 0.15) is 5.75 Å². The fourth-order valence-corrected chi connectivity index (χ4v) is 5.08. The van der Waals surface area contributed by atoms with E-state index in [4.69, 9.17) is 9.47 Å². The number of hydrogen-bond donors (Lipinski definition) is 1. The summed E-state index contributed by atoms with van der Waals surface area (Å²) in [6.07, 6.45) is 8.30. The molecule has 1 aliphatic rings. The molecule has 2 aromatic carbocycles. The summed E-state index contributed by atoms with van der Waals surface area (Å²) in [7, 11) is 2.90. The molecule has 1 aromatic heterocycles. The molecule has 36 heavy (non-hydrogen) atoms. The Balaban J connectivity index is 1.67. The summed E-state index contributed by atoms with van der Waals surface area (Å²) in [5, 5.41) is 3.91. The number of nitrogens with one attached hydrogen (secondary N) is 1. The van der Waals surface area contributed by atoms with Gasteiger partial charge in [0.05, 0.1) is 31.8 Å². The second-order valence-electron chi connectivity index (χ2n) is 9.50. The zero-order valence-electron chi connectivity index (χ0n) is 21.3. The smallest absolute Gasteiger partial charge is 0.337 e. The number of amides is 1. The molecule has 0 unspecified atom stereocenters. The highest BCUT2D eigenvalue weighted by Crippen LogP contribution is 2.31. The van der Waals surface area contributed by atoms with Crippen LogP contribution in [-0.4, -0.2) is 36.4 Å². The molecule has 190 valence electrons. The number of rotatable bonds is 10. The quantitative estimate of drug-likeness (QED) is 0.279.